The second kappa shape index (κ2) is 5.97. The summed E-state index contributed by atoms with van der Waals surface area (Å²) in [4.78, 5) is 12.7. The molecule has 0 bridgehead atoms. The third-order valence-electron chi connectivity index (χ3n) is 2.18. The van der Waals surface area contributed by atoms with Crippen molar-refractivity contribution in [2.45, 2.75) is 52.6 Å². The van der Waals surface area contributed by atoms with Gasteiger partial charge in [0.2, 0.25) is 0 Å². The van der Waals surface area contributed by atoms with Gasteiger partial charge in [-0.15, -0.1) is 0 Å². The minimum atomic E-state index is -0.714. The summed E-state index contributed by atoms with van der Waals surface area (Å²) in [6.45, 7) is 9.28. The Morgan fingerprint density at radius 3 is 2.23 bits per heavy atom. The van der Waals surface area contributed by atoms with E-state index < -0.39 is 5.97 Å². The number of nitrogens with zero attached hydrogens (tertiary/aromatic N) is 1. The summed E-state index contributed by atoms with van der Waals surface area (Å²) < 4.78 is 0. The molecule has 0 aromatic carbocycles. The fourth-order valence-electron chi connectivity index (χ4n) is 1.62. The Morgan fingerprint density at radius 2 is 1.92 bits per heavy atom. The smallest absolute Gasteiger partial charge is 0.304 e. The molecule has 3 heteroatoms. The fourth-order valence-corrected chi connectivity index (χ4v) is 1.62. The molecule has 1 atom stereocenters. The maximum atomic E-state index is 10.5. The number of hydrogen-bond acceptors (Lipinski definition) is 2. The van der Waals surface area contributed by atoms with Crippen molar-refractivity contribution in [3.05, 3.63) is 0 Å². The minimum Gasteiger partial charge on any atom is -0.481 e. The lowest BCUT2D eigenvalue weighted by molar-refractivity contribution is -0.138. The van der Waals surface area contributed by atoms with Crippen molar-refractivity contribution < 1.29 is 9.90 Å². The van der Waals surface area contributed by atoms with Crippen molar-refractivity contribution in [2.24, 2.45) is 0 Å². The van der Waals surface area contributed by atoms with Gasteiger partial charge in [-0.25, -0.2) is 0 Å². The van der Waals surface area contributed by atoms with Gasteiger partial charge in [0.1, 0.15) is 0 Å². The highest BCUT2D eigenvalue weighted by Gasteiger charge is 2.18. The monoisotopic (exact) mass is 187 g/mol. The Bertz CT molecular complexity index is 157. The summed E-state index contributed by atoms with van der Waals surface area (Å²) in [5.74, 6) is -0.714. The van der Waals surface area contributed by atoms with E-state index in [9.17, 15) is 4.79 Å². The molecule has 1 unspecified atom stereocenters. The second-order valence-electron chi connectivity index (χ2n) is 3.78. The molecule has 0 spiro atoms. The van der Waals surface area contributed by atoms with Gasteiger partial charge < -0.3 is 5.11 Å². The minimum absolute atomic E-state index is 0.137. The molecule has 0 aliphatic rings. The number of aliphatic carboxylic acids is 1. The highest BCUT2D eigenvalue weighted by atomic mass is 16.4. The standard InChI is InChI=1S/C10H21NO2/c1-5-6-11(8(2)3)9(4)7-10(12)13/h8-9H,5-7H2,1-4H3,(H,12,13). The van der Waals surface area contributed by atoms with E-state index in [0.717, 1.165) is 13.0 Å². The maximum absolute atomic E-state index is 10.5. The molecule has 0 aromatic rings. The molecular weight excluding hydrogens is 166 g/mol. The van der Waals surface area contributed by atoms with Crippen LogP contribution < -0.4 is 0 Å². The number of rotatable bonds is 6. The zero-order valence-electron chi connectivity index (χ0n) is 9.08. The third kappa shape index (κ3) is 4.88. The highest BCUT2D eigenvalue weighted by Crippen LogP contribution is 2.09. The van der Waals surface area contributed by atoms with Crippen molar-refractivity contribution in [3.63, 3.8) is 0 Å². The highest BCUT2D eigenvalue weighted by molar-refractivity contribution is 5.67. The first-order chi connectivity index (χ1) is 5.99. The first-order valence-electron chi connectivity index (χ1n) is 4.96. The van der Waals surface area contributed by atoms with E-state index in [1.54, 1.807) is 0 Å². The van der Waals surface area contributed by atoms with E-state index in [0.29, 0.717) is 6.04 Å². The number of hydrogen-bond donors (Lipinski definition) is 1. The summed E-state index contributed by atoms with van der Waals surface area (Å²) >= 11 is 0. The summed E-state index contributed by atoms with van der Waals surface area (Å²) in [5.41, 5.74) is 0. The van der Waals surface area contributed by atoms with Crippen LogP contribution in [0.5, 0.6) is 0 Å². The molecule has 78 valence electrons. The van der Waals surface area contributed by atoms with Gasteiger partial charge in [-0.1, -0.05) is 6.92 Å². The Balaban J connectivity index is 4.10. The van der Waals surface area contributed by atoms with E-state index in [1.807, 2.05) is 6.92 Å². The van der Waals surface area contributed by atoms with Crippen LogP contribution in [0.25, 0.3) is 0 Å². The molecule has 0 aliphatic heterocycles. The Kier molecular flexibility index (Phi) is 5.71. The molecule has 0 aromatic heterocycles. The Morgan fingerprint density at radius 1 is 1.38 bits per heavy atom. The topological polar surface area (TPSA) is 40.5 Å². The predicted octanol–water partition coefficient (Wildman–Crippen LogP) is 1.97. The fraction of sp³-hybridized carbons (Fsp3) is 0.900. The second-order valence-corrected chi connectivity index (χ2v) is 3.78. The number of carboxylic acid groups (broad SMARTS) is 1. The average Bonchev–Trinajstić information content (AvgIpc) is 1.97. The van der Waals surface area contributed by atoms with E-state index in [2.05, 4.69) is 25.7 Å². The van der Waals surface area contributed by atoms with Gasteiger partial charge in [-0.3, -0.25) is 9.69 Å². The lowest BCUT2D eigenvalue weighted by Crippen LogP contribution is -2.40. The molecule has 0 heterocycles. The summed E-state index contributed by atoms with van der Waals surface area (Å²) in [6.07, 6.45) is 1.31. The molecule has 0 aliphatic carbocycles. The van der Waals surface area contributed by atoms with Crippen LogP contribution in [0, 0.1) is 0 Å². The molecule has 3 nitrogen and oxygen atoms in total. The molecule has 0 saturated heterocycles. The van der Waals surface area contributed by atoms with Crippen molar-refractivity contribution in [1.82, 2.24) is 4.90 Å². The Hall–Kier alpha value is -0.570. The molecule has 0 amide bonds. The largest absolute Gasteiger partial charge is 0.481 e. The quantitative estimate of drug-likeness (QED) is 0.691. The molecule has 0 fully saturated rings. The molecule has 0 radical (unpaired) electrons. The summed E-state index contributed by atoms with van der Waals surface area (Å²) in [7, 11) is 0. The maximum Gasteiger partial charge on any atom is 0.304 e. The zero-order valence-corrected chi connectivity index (χ0v) is 9.08. The van der Waals surface area contributed by atoms with E-state index in [4.69, 9.17) is 5.11 Å². The summed E-state index contributed by atoms with van der Waals surface area (Å²) in [5, 5.41) is 8.66. The van der Waals surface area contributed by atoms with Crippen LogP contribution in [0.1, 0.15) is 40.5 Å². The van der Waals surface area contributed by atoms with Crippen LogP contribution in [0.2, 0.25) is 0 Å². The van der Waals surface area contributed by atoms with Gasteiger partial charge in [-0.2, -0.15) is 0 Å². The number of carboxylic acids is 1. The average molecular weight is 187 g/mol. The van der Waals surface area contributed by atoms with E-state index in [1.165, 1.54) is 0 Å². The summed E-state index contributed by atoms with van der Waals surface area (Å²) in [6, 6.07) is 0.562. The number of carbonyl (C=O) groups is 1. The lowest BCUT2D eigenvalue weighted by atomic mass is 10.1. The third-order valence-corrected chi connectivity index (χ3v) is 2.18. The SMILES string of the molecule is CCCN(C(C)C)C(C)CC(=O)O. The Labute approximate surface area is 80.7 Å². The molecule has 0 rings (SSSR count). The van der Waals surface area contributed by atoms with Crippen LogP contribution in [-0.2, 0) is 4.79 Å². The first-order valence-corrected chi connectivity index (χ1v) is 4.96. The van der Waals surface area contributed by atoms with Gasteiger partial charge >= 0.3 is 5.97 Å². The van der Waals surface area contributed by atoms with Crippen LogP contribution in [0.15, 0.2) is 0 Å². The van der Waals surface area contributed by atoms with Crippen molar-refractivity contribution in [1.29, 1.82) is 0 Å². The molecular formula is C10H21NO2. The molecule has 1 N–H and O–H groups in total. The van der Waals surface area contributed by atoms with Gasteiger partial charge in [0.25, 0.3) is 0 Å². The van der Waals surface area contributed by atoms with Crippen molar-refractivity contribution in [2.75, 3.05) is 6.54 Å². The van der Waals surface area contributed by atoms with Crippen LogP contribution >= 0.6 is 0 Å². The van der Waals surface area contributed by atoms with Gasteiger partial charge in [0.05, 0.1) is 6.42 Å². The van der Waals surface area contributed by atoms with E-state index in [-0.39, 0.29) is 12.5 Å². The first kappa shape index (κ1) is 12.4. The van der Waals surface area contributed by atoms with Crippen LogP contribution in [-0.4, -0.2) is 34.6 Å². The van der Waals surface area contributed by atoms with Crippen LogP contribution in [0.3, 0.4) is 0 Å². The lowest BCUT2D eigenvalue weighted by Gasteiger charge is -2.31. The predicted molar refractivity (Wildman–Crippen MR) is 53.8 cm³/mol. The van der Waals surface area contributed by atoms with Crippen molar-refractivity contribution >= 4 is 5.97 Å². The molecule has 0 saturated carbocycles. The van der Waals surface area contributed by atoms with Crippen molar-refractivity contribution in [3.8, 4) is 0 Å². The van der Waals surface area contributed by atoms with Gasteiger partial charge in [0, 0.05) is 12.1 Å². The van der Waals surface area contributed by atoms with Gasteiger partial charge in [0.15, 0.2) is 0 Å². The molecule has 13 heavy (non-hydrogen) atoms. The normalized spacial score (nSPS) is 13.7. The van der Waals surface area contributed by atoms with Gasteiger partial charge in [-0.05, 0) is 33.7 Å². The van der Waals surface area contributed by atoms with Crippen LogP contribution in [0.4, 0.5) is 0 Å². The zero-order chi connectivity index (χ0) is 10.4. The van der Waals surface area contributed by atoms with E-state index >= 15 is 0 Å².